The zero-order valence-corrected chi connectivity index (χ0v) is 9.47. The number of hydrogen-bond donors (Lipinski definition) is 1. The molecule has 0 aromatic rings. The van der Waals surface area contributed by atoms with Crippen molar-refractivity contribution >= 4 is 5.97 Å². The normalized spacial score (nSPS) is 15.3. The van der Waals surface area contributed by atoms with Gasteiger partial charge in [-0.25, -0.2) is 0 Å². The largest absolute Gasteiger partial charge is 0.460 e. The Balaban J connectivity index is 4.44. The minimum atomic E-state index is -0.618. The van der Waals surface area contributed by atoms with Gasteiger partial charge < -0.3 is 10.5 Å². The summed E-state index contributed by atoms with van der Waals surface area (Å²) in [6, 6.07) is -0.206. The van der Waals surface area contributed by atoms with Crippen molar-refractivity contribution in [3.8, 4) is 0 Å². The number of ether oxygens (including phenoxy) is 1. The van der Waals surface area contributed by atoms with Crippen molar-refractivity contribution in [1.82, 2.24) is 0 Å². The van der Waals surface area contributed by atoms with Crippen LogP contribution in [0.1, 0.15) is 41.5 Å². The van der Waals surface area contributed by atoms with Crippen LogP contribution in [0, 0.1) is 5.41 Å². The van der Waals surface area contributed by atoms with Crippen molar-refractivity contribution in [3.63, 3.8) is 0 Å². The standard InChI is InChI=1S/C10H21NO2/c1-7(11)10(5,6)8(12)13-9(2,3)4/h7H,11H2,1-6H3. The van der Waals surface area contributed by atoms with Crippen LogP contribution in [-0.4, -0.2) is 17.6 Å². The summed E-state index contributed by atoms with van der Waals surface area (Å²) in [5, 5.41) is 0. The molecule has 3 heteroatoms. The first kappa shape index (κ1) is 12.4. The third-order valence-electron chi connectivity index (χ3n) is 2.06. The minimum absolute atomic E-state index is 0.206. The number of carbonyl (C=O) groups excluding carboxylic acids is 1. The summed E-state index contributed by atoms with van der Waals surface area (Å²) >= 11 is 0. The van der Waals surface area contributed by atoms with Crippen LogP contribution in [0.3, 0.4) is 0 Å². The Hall–Kier alpha value is -0.570. The van der Waals surface area contributed by atoms with Gasteiger partial charge in [-0.15, -0.1) is 0 Å². The van der Waals surface area contributed by atoms with E-state index in [2.05, 4.69) is 0 Å². The molecule has 78 valence electrons. The highest BCUT2D eigenvalue weighted by Crippen LogP contribution is 2.23. The predicted molar refractivity (Wildman–Crippen MR) is 53.3 cm³/mol. The van der Waals surface area contributed by atoms with Crippen molar-refractivity contribution in [2.75, 3.05) is 0 Å². The number of carbonyl (C=O) groups is 1. The smallest absolute Gasteiger partial charge is 0.313 e. The third kappa shape index (κ3) is 3.77. The second-order valence-electron chi connectivity index (χ2n) is 5.01. The predicted octanol–water partition coefficient (Wildman–Crippen LogP) is 1.70. The van der Waals surface area contributed by atoms with Gasteiger partial charge in [0.1, 0.15) is 5.60 Å². The summed E-state index contributed by atoms with van der Waals surface area (Å²) in [7, 11) is 0. The van der Waals surface area contributed by atoms with Gasteiger partial charge >= 0.3 is 5.97 Å². The van der Waals surface area contributed by atoms with Crippen molar-refractivity contribution < 1.29 is 9.53 Å². The lowest BCUT2D eigenvalue weighted by molar-refractivity contribution is -0.166. The van der Waals surface area contributed by atoms with Crippen LogP contribution >= 0.6 is 0 Å². The summed E-state index contributed by atoms with van der Waals surface area (Å²) in [5.41, 5.74) is 4.63. The molecular formula is C10H21NO2. The molecule has 0 aromatic carbocycles. The topological polar surface area (TPSA) is 52.3 Å². The van der Waals surface area contributed by atoms with Crippen molar-refractivity contribution in [2.45, 2.75) is 53.2 Å². The first-order chi connectivity index (χ1) is 5.57. The molecule has 0 saturated heterocycles. The van der Waals surface area contributed by atoms with Gasteiger partial charge in [0, 0.05) is 6.04 Å². The molecule has 3 nitrogen and oxygen atoms in total. The number of hydrogen-bond acceptors (Lipinski definition) is 3. The van der Waals surface area contributed by atoms with Crippen LogP contribution in [0.15, 0.2) is 0 Å². The fourth-order valence-corrected chi connectivity index (χ4v) is 0.596. The SMILES string of the molecule is CC(N)C(C)(C)C(=O)OC(C)(C)C. The van der Waals surface area contributed by atoms with Gasteiger partial charge in [-0.05, 0) is 41.5 Å². The molecule has 0 fully saturated rings. The summed E-state index contributed by atoms with van der Waals surface area (Å²) < 4.78 is 5.24. The van der Waals surface area contributed by atoms with E-state index in [9.17, 15) is 4.79 Å². The molecule has 0 saturated carbocycles. The summed E-state index contributed by atoms with van der Waals surface area (Å²) in [4.78, 5) is 11.6. The van der Waals surface area contributed by atoms with Crippen LogP contribution in [-0.2, 0) is 9.53 Å². The monoisotopic (exact) mass is 187 g/mol. The van der Waals surface area contributed by atoms with E-state index in [0.717, 1.165) is 0 Å². The average Bonchev–Trinajstić information content (AvgIpc) is 1.82. The zero-order valence-electron chi connectivity index (χ0n) is 9.47. The van der Waals surface area contributed by atoms with E-state index in [0.29, 0.717) is 0 Å². The van der Waals surface area contributed by atoms with Gasteiger partial charge in [-0.2, -0.15) is 0 Å². The first-order valence-corrected chi connectivity index (χ1v) is 4.56. The lowest BCUT2D eigenvalue weighted by atomic mass is 9.86. The zero-order chi connectivity index (χ0) is 10.9. The van der Waals surface area contributed by atoms with Crippen molar-refractivity contribution in [2.24, 2.45) is 11.1 Å². The maximum atomic E-state index is 11.6. The van der Waals surface area contributed by atoms with Gasteiger partial charge in [-0.3, -0.25) is 4.79 Å². The Labute approximate surface area is 80.6 Å². The highest BCUT2D eigenvalue weighted by molar-refractivity contribution is 5.77. The first-order valence-electron chi connectivity index (χ1n) is 4.56. The van der Waals surface area contributed by atoms with Gasteiger partial charge in [0.15, 0.2) is 0 Å². The van der Waals surface area contributed by atoms with Gasteiger partial charge in [0.25, 0.3) is 0 Å². The lowest BCUT2D eigenvalue weighted by Gasteiger charge is -2.30. The molecular weight excluding hydrogens is 166 g/mol. The van der Waals surface area contributed by atoms with E-state index in [-0.39, 0.29) is 12.0 Å². The van der Waals surface area contributed by atoms with E-state index in [1.54, 1.807) is 13.8 Å². The molecule has 0 aromatic heterocycles. The Kier molecular flexibility index (Phi) is 3.50. The molecule has 0 aliphatic rings. The fourth-order valence-electron chi connectivity index (χ4n) is 0.596. The van der Waals surface area contributed by atoms with Crippen LogP contribution in [0.25, 0.3) is 0 Å². The van der Waals surface area contributed by atoms with Gasteiger partial charge in [0.05, 0.1) is 5.41 Å². The molecule has 0 rings (SSSR count). The molecule has 0 spiro atoms. The maximum Gasteiger partial charge on any atom is 0.313 e. The molecule has 0 radical (unpaired) electrons. The van der Waals surface area contributed by atoms with Crippen LogP contribution in [0.5, 0.6) is 0 Å². The molecule has 0 heterocycles. The molecule has 0 aliphatic carbocycles. The number of rotatable bonds is 2. The third-order valence-corrected chi connectivity index (χ3v) is 2.06. The van der Waals surface area contributed by atoms with Crippen LogP contribution in [0.4, 0.5) is 0 Å². The summed E-state index contributed by atoms with van der Waals surface area (Å²) in [6.07, 6.45) is 0. The fraction of sp³-hybridized carbons (Fsp3) is 0.900. The second-order valence-corrected chi connectivity index (χ2v) is 5.01. The number of nitrogens with two attached hydrogens (primary N) is 1. The summed E-state index contributed by atoms with van der Waals surface area (Å²) in [5.74, 6) is -0.241. The lowest BCUT2D eigenvalue weighted by Crippen LogP contribution is -2.44. The second kappa shape index (κ2) is 3.66. The van der Waals surface area contributed by atoms with E-state index in [1.165, 1.54) is 0 Å². The average molecular weight is 187 g/mol. The molecule has 2 N–H and O–H groups in total. The number of esters is 1. The Bertz CT molecular complexity index is 190. The molecule has 0 aliphatic heterocycles. The molecule has 1 unspecified atom stereocenters. The van der Waals surface area contributed by atoms with Gasteiger partial charge in [0.2, 0.25) is 0 Å². The molecule has 1 atom stereocenters. The maximum absolute atomic E-state index is 11.6. The van der Waals surface area contributed by atoms with Crippen LogP contribution in [0.2, 0.25) is 0 Å². The minimum Gasteiger partial charge on any atom is -0.460 e. The highest BCUT2D eigenvalue weighted by Gasteiger charge is 2.35. The molecule has 13 heavy (non-hydrogen) atoms. The summed E-state index contributed by atoms with van der Waals surface area (Å²) in [6.45, 7) is 11.0. The van der Waals surface area contributed by atoms with Crippen LogP contribution < -0.4 is 5.73 Å². The molecule has 0 bridgehead atoms. The van der Waals surface area contributed by atoms with Gasteiger partial charge in [-0.1, -0.05) is 0 Å². The molecule has 0 amide bonds. The Morgan fingerprint density at radius 3 is 1.85 bits per heavy atom. The highest BCUT2D eigenvalue weighted by atomic mass is 16.6. The van der Waals surface area contributed by atoms with E-state index >= 15 is 0 Å². The quantitative estimate of drug-likeness (QED) is 0.669. The van der Waals surface area contributed by atoms with E-state index in [1.807, 2.05) is 27.7 Å². The van der Waals surface area contributed by atoms with Crippen molar-refractivity contribution in [1.29, 1.82) is 0 Å². The Morgan fingerprint density at radius 2 is 1.62 bits per heavy atom. The van der Waals surface area contributed by atoms with E-state index in [4.69, 9.17) is 10.5 Å². The Morgan fingerprint density at radius 1 is 1.23 bits per heavy atom. The van der Waals surface area contributed by atoms with Crippen molar-refractivity contribution in [3.05, 3.63) is 0 Å². The van der Waals surface area contributed by atoms with E-state index < -0.39 is 11.0 Å².